The molecule has 1 heterocycles. The zero-order chi connectivity index (χ0) is 18.7. The minimum Gasteiger partial charge on any atom is -0.482 e. The fourth-order valence-corrected chi connectivity index (χ4v) is 2.75. The second kappa shape index (κ2) is 7.53. The van der Waals surface area contributed by atoms with Gasteiger partial charge < -0.3 is 15.8 Å². The highest BCUT2D eigenvalue weighted by atomic mass is 19.1. The molecule has 6 nitrogen and oxygen atoms in total. The van der Waals surface area contributed by atoms with Crippen molar-refractivity contribution < 1.29 is 18.7 Å². The molecule has 3 N–H and O–H groups in total. The van der Waals surface area contributed by atoms with Gasteiger partial charge in [-0.3, -0.25) is 14.5 Å². The Hall–Kier alpha value is -2.93. The minimum atomic E-state index is -0.536. The third kappa shape index (κ3) is 3.67. The number of carbonyl (C=O) groups is 2. The Labute approximate surface area is 150 Å². The second-order valence-electron chi connectivity index (χ2n) is 6.04. The molecule has 0 fully saturated rings. The predicted molar refractivity (Wildman–Crippen MR) is 96.5 cm³/mol. The molecule has 2 amide bonds. The van der Waals surface area contributed by atoms with Gasteiger partial charge in [-0.25, -0.2) is 4.39 Å². The van der Waals surface area contributed by atoms with Crippen LogP contribution in [0.5, 0.6) is 5.75 Å². The van der Waals surface area contributed by atoms with Crippen molar-refractivity contribution >= 4 is 23.2 Å². The van der Waals surface area contributed by atoms with Crippen LogP contribution in [-0.2, 0) is 9.59 Å². The third-order valence-electron chi connectivity index (χ3n) is 4.24. The summed E-state index contributed by atoms with van der Waals surface area (Å²) in [6, 6.07) is 11.0. The molecule has 2 aromatic carbocycles. The number of nitrogens with zero attached hydrogens (tertiary/aromatic N) is 1. The Morgan fingerprint density at radius 2 is 2.12 bits per heavy atom. The summed E-state index contributed by atoms with van der Waals surface area (Å²) in [5, 5.41) is 2.48. The highest BCUT2D eigenvalue weighted by Gasteiger charge is 2.28. The van der Waals surface area contributed by atoms with Gasteiger partial charge in [0, 0.05) is 6.04 Å². The van der Waals surface area contributed by atoms with Gasteiger partial charge in [0.2, 0.25) is 5.91 Å². The van der Waals surface area contributed by atoms with E-state index in [1.165, 1.54) is 23.1 Å². The van der Waals surface area contributed by atoms with E-state index in [0.717, 1.165) is 12.0 Å². The quantitative estimate of drug-likeness (QED) is 0.861. The molecular formula is C19H20FN3O3. The Morgan fingerprint density at radius 3 is 2.85 bits per heavy atom. The van der Waals surface area contributed by atoms with Crippen molar-refractivity contribution in [2.24, 2.45) is 5.73 Å². The Kier molecular flexibility index (Phi) is 5.18. The number of fused-ring (bicyclic) bond motifs is 1. The number of nitrogens with two attached hydrogens (primary N) is 1. The van der Waals surface area contributed by atoms with Gasteiger partial charge in [0.25, 0.3) is 5.91 Å². The molecule has 1 aliphatic rings. The van der Waals surface area contributed by atoms with Crippen LogP contribution in [0.25, 0.3) is 0 Å². The average molecular weight is 357 g/mol. The molecule has 0 saturated heterocycles. The molecule has 1 aliphatic heterocycles. The van der Waals surface area contributed by atoms with Crippen molar-refractivity contribution in [3.8, 4) is 5.75 Å². The summed E-state index contributed by atoms with van der Waals surface area (Å²) in [6.45, 7) is 1.57. The number of rotatable bonds is 5. The van der Waals surface area contributed by atoms with Gasteiger partial charge >= 0.3 is 0 Å². The second-order valence-corrected chi connectivity index (χ2v) is 6.04. The molecular weight excluding hydrogens is 337 g/mol. The number of nitrogens with one attached hydrogen (secondary N) is 1. The number of halogens is 1. The summed E-state index contributed by atoms with van der Waals surface area (Å²) >= 11 is 0. The van der Waals surface area contributed by atoms with E-state index in [0.29, 0.717) is 11.4 Å². The molecule has 0 radical (unpaired) electrons. The van der Waals surface area contributed by atoms with Crippen molar-refractivity contribution in [3.05, 3.63) is 53.8 Å². The molecule has 3 rings (SSSR count). The van der Waals surface area contributed by atoms with E-state index in [2.05, 4.69) is 5.32 Å². The fourth-order valence-electron chi connectivity index (χ4n) is 2.75. The van der Waals surface area contributed by atoms with E-state index in [4.69, 9.17) is 10.5 Å². The van der Waals surface area contributed by atoms with E-state index in [9.17, 15) is 14.0 Å². The summed E-state index contributed by atoms with van der Waals surface area (Å²) in [7, 11) is 0. The van der Waals surface area contributed by atoms with E-state index in [-0.39, 0.29) is 30.8 Å². The molecule has 1 atom stereocenters. The van der Waals surface area contributed by atoms with Crippen LogP contribution in [0.15, 0.2) is 42.5 Å². The maximum absolute atomic E-state index is 13.7. The molecule has 0 aliphatic carbocycles. The first-order chi connectivity index (χ1) is 12.5. The van der Waals surface area contributed by atoms with Crippen LogP contribution in [-0.4, -0.2) is 25.0 Å². The number of hydrogen-bond acceptors (Lipinski definition) is 4. The fraction of sp³-hybridized carbons (Fsp3) is 0.263. The van der Waals surface area contributed by atoms with Crippen molar-refractivity contribution in [1.29, 1.82) is 0 Å². The van der Waals surface area contributed by atoms with E-state index in [1.807, 2.05) is 13.0 Å². The molecule has 2 aromatic rings. The topological polar surface area (TPSA) is 84.7 Å². The lowest BCUT2D eigenvalue weighted by Crippen LogP contribution is -2.43. The molecule has 26 heavy (non-hydrogen) atoms. The molecule has 136 valence electrons. The summed E-state index contributed by atoms with van der Waals surface area (Å²) in [4.78, 5) is 25.9. The van der Waals surface area contributed by atoms with Crippen molar-refractivity contribution in [2.45, 2.75) is 19.4 Å². The number of anilines is 2. The number of amides is 2. The minimum absolute atomic E-state index is 0.0696. The van der Waals surface area contributed by atoms with E-state index in [1.54, 1.807) is 18.2 Å². The lowest BCUT2D eigenvalue weighted by molar-refractivity contribution is -0.123. The maximum Gasteiger partial charge on any atom is 0.265 e. The standard InChI is InChI=1S/C19H20FN3O3/c1-2-14(21)12-7-8-17-16(9-12)23(19(25)11-26-17)10-18(24)22-15-6-4-3-5-13(15)20/h3-9,14H,2,10-11,21H2,1H3,(H,22,24). The number of hydrogen-bond donors (Lipinski definition) is 2. The average Bonchev–Trinajstić information content (AvgIpc) is 2.65. The lowest BCUT2D eigenvalue weighted by atomic mass is 10.0. The number of para-hydroxylation sites is 1. The first kappa shape index (κ1) is 17.9. The zero-order valence-corrected chi connectivity index (χ0v) is 14.4. The Balaban J connectivity index is 1.82. The summed E-state index contributed by atoms with van der Waals surface area (Å²) in [5.41, 5.74) is 7.47. The van der Waals surface area contributed by atoms with Crippen LogP contribution in [0, 0.1) is 5.82 Å². The normalized spacial score (nSPS) is 14.4. The highest BCUT2D eigenvalue weighted by Crippen LogP contribution is 2.34. The molecule has 0 bridgehead atoms. The molecule has 1 unspecified atom stereocenters. The van der Waals surface area contributed by atoms with Crippen LogP contribution in [0.4, 0.5) is 15.8 Å². The molecule has 7 heteroatoms. The first-order valence-electron chi connectivity index (χ1n) is 8.36. The van der Waals surface area contributed by atoms with Crippen LogP contribution in [0.2, 0.25) is 0 Å². The van der Waals surface area contributed by atoms with Crippen molar-refractivity contribution in [1.82, 2.24) is 0 Å². The van der Waals surface area contributed by atoms with Crippen LogP contribution < -0.4 is 20.7 Å². The summed E-state index contributed by atoms with van der Waals surface area (Å²) in [6.07, 6.45) is 0.737. The summed E-state index contributed by atoms with van der Waals surface area (Å²) in [5.74, 6) is -0.869. The van der Waals surface area contributed by atoms with Crippen LogP contribution in [0.3, 0.4) is 0 Å². The van der Waals surface area contributed by atoms with Gasteiger partial charge in [-0.1, -0.05) is 25.1 Å². The lowest BCUT2D eigenvalue weighted by Gasteiger charge is -2.29. The SMILES string of the molecule is CCC(N)c1ccc2c(c1)N(CC(=O)Nc1ccccc1F)C(=O)CO2. The first-order valence-corrected chi connectivity index (χ1v) is 8.36. The van der Waals surface area contributed by atoms with Crippen molar-refractivity contribution in [2.75, 3.05) is 23.4 Å². The summed E-state index contributed by atoms with van der Waals surface area (Å²) < 4.78 is 19.1. The smallest absolute Gasteiger partial charge is 0.265 e. The van der Waals surface area contributed by atoms with Crippen molar-refractivity contribution in [3.63, 3.8) is 0 Å². The van der Waals surface area contributed by atoms with Gasteiger partial charge in [-0.15, -0.1) is 0 Å². The highest BCUT2D eigenvalue weighted by molar-refractivity contribution is 6.05. The van der Waals surface area contributed by atoms with Gasteiger partial charge in [0.15, 0.2) is 6.61 Å². The van der Waals surface area contributed by atoms with Gasteiger partial charge in [0.05, 0.1) is 11.4 Å². The van der Waals surface area contributed by atoms with Gasteiger partial charge in [-0.05, 0) is 36.2 Å². The molecule has 0 aromatic heterocycles. The molecule has 0 saturated carbocycles. The maximum atomic E-state index is 13.7. The van der Waals surface area contributed by atoms with Gasteiger partial charge in [0.1, 0.15) is 18.1 Å². The largest absolute Gasteiger partial charge is 0.482 e. The number of ether oxygens (including phenoxy) is 1. The molecule has 0 spiro atoms. The van der Waals surface area contributed by atoms with E-state index < -0.39 is 11.7 Å². The third-order valence-corrected chi connectivity index (χ3v) is 4.24. The Morgan fingerprint density at radius 1 is 1.35 bits per heavy atom. The monoisotopic (exact) mass is 357 g/mol. The van der Waals surface area contributed by atoms with Crippen LogP contribution >= 0.6 is 0 Å². The number of carbonyl (C=O) groups excluding carboxylic acids is 2. The van der Waals surface area contributed by atoms with E-state index >= 15 is 0 Å². The van der Waals surface area contributed by atoms with Crippen LogP contribution in [0.1, 0.15) is 24.9 Å². The van der Waals surface area contributed by atoms with Gasteiger partial charge in [-0.2, -0.15) is 0 Å². The Bertz CT molecular complexity index is 841. The zero-order valence-electron chi connectivity index (χ0n) is 14.4. The predicted octanol–water partition coefficient (Wildman–Crippen LogP) is 2.60. The number of benzene rings is 2.